The van der Waals surface area contributed by atoms with Gasteiger partial charge in [0.2, 0.25) is 5.79 Å². The molecule has 0 spiro atoms. The zero-order chi connectivity index (χ0) is 18.5. The highest BCUT2D eigenvalue weighted by Gasteiger charge is 2.45. The van der Waals surface area contributed by atoms with Crippen molar-refractivity contribution in [1.29, 1.82) is 0 Å². The smallest absolute Gasteiger partial charge is 0.410 e. The summed E-state index contributed by atoms with van der Waals surface area (Å²) in [5, 5.41) is 2.91. The molecule has 4 rings (SSSR count). The predicted molar refractivity (Wildman–Crippen MR) is 103 cm³/mol. The molecule has 2 unspecified atom stereocenters. The average Bonchev–Trinajstić information content (AvgIpc) is 2.74. The molecule has 1 aliphatic heterocycles. The van der Waals surface area contributed by atoms with Gasteiger partial charge in [-0.2, -0.15) is 0 Å². The van der Waals surface area contributed by atoms with Crippen LogP contribution in [0.4, 0.5) is 4.79 Å². The Morgan fingerprint density at radius 2 is 1.48 bits per heavy atom. The van der Waals surface area contributed by atoms with E-state index in [-0.39, 0.29) is 6.04 Å². The first-order valence-corrected chi connectivity index (χ1v) is 9.03. The molecule has 4 nitrogen and oxygen atoms in total. The van der Waals surface area contributed by atoms with Crippen LogP contribution in [0.5, 0.6) is 0 Å². The van der Waals surface area contributed by atoms with Crippen LogP contribution in [-0.2, 0) is 21.9 Å². The maximum Gasteiger partial charge on any atom is 0.410 e. The number of carbonyl (C=O) groups is 1. The summed E-state index contributed by atoms with van der Waals surface area (Å²) in [5.41, 5.74) is 2.88. The fraction of sp³-hybridized carbons (Fsp3) is 0.174. The van der Waals surface area contributed by atoms with Crippen molar-refractivity contribution in [2.24, 2.45) is 0 Å². The molecule has 0 aliphatic carbocycles. The molecule has 1 N–H and O–H groups in total. The van der Waals surface area contributed by atoms with E-state index in [2.05, 4.69) is 5.32 Å². The summed E-state index contributed by atoms with van der Waals surface area (Å²) in [6.45, 7) is 0.352. The summed E-state index contributed by atoms with van der Waals surface area (Å²) in [5.74, 6) is -1.14. The lowest BCUT2D eigenvalue weighted by Gasteiger charge is -2.40. The fourth-order valence-electron chi connectivity index (χ4n) is 3.38. The molecule has 0 bridgehead atoms. The Labute approximate surface area is 158 Å². The van der Waals surface area contributed by atoms with Crippen molar-refractivity contribution in [2.45, 2.75) is 24.9 Å². The topological polar surface area (TPSA) is 47.6 Å². The third-order valence-electron chi connectivity index (χ3n) is 4.75. The lowest BCUT2D eigenvalue weighted by molar-refractivity contribution is -0.237. The molecule has 1 heterocycles. The number of rotatable bonds is 5. The molecule has 136 valence electrons. The molecule has 3 aromatic carbocycles. The minimum Gasteiger partial charge on any atom is -0.412 e. The molecule has 27 heavy (non-hydrogen) atoms. The van der Waals surface area contributed by atoms with Crippen molar-refractivity contribution in [2.75, 3.05) is 0 Å². The van der Waals surface area contributed by atoms with Crippen molar-refractivity contribution < 1.29 is 14.3 Å². The van der Waals surface area contributed by atoms with E-state index in [0.717, 1.165) is 16.7 Å². The van der Waals surface area contributed by atoms with E-state index in [4.69, 9.17) is 9.47 Å². The van der Waals surface area contributed by atoms with E-state index < -0.39 is 11.9 Å². The van der Waals surface area contributed by atoms with E-state index in [9.17, 15) is 4.79 Å². The summed E-state index contributed by atoms with van der Waals surface area (Å²) >= 11 is 0. The molecule has 1 amide bonds. The Balaban J connectivity index is 1.67. The molecule has 0 radical (unpaired) electrons. The van der Waals surface area contributed by atoms with Gasteiger partial charge in [-0.1, -0.05) is 91.0 Å². The van der Waals surface area contributed by atoms with Crippen molar-refractivity contribution >= 4 is 6.09 Å². The zero-order valence-electron chi connectivity index (χ0n) is 14.9. The van der Waals surface area contributed by atoms with Gasteiger partial charge in [-0.25, -0.2) is 4.79 Å². The Kier molecular flexibility index (Phi) is 4.90. The number of hydrogen-bond donors (Lipinski definition) is 1. The van der Waals surface area contributed by atoms with Crippen LogP contribution in [0.3, 0.4) is 0 Å². The first kappa shape index (κ1) is 17.3. The third-order valence-corrected chi connectivity index (χ3v) is 4.75. The minimum atomic E-state index is -1.14. The first-order valence-electron chi connectivity index (χ1n) is 9.03. The summed E-state index contributed by atoms with van der Waals surface area (Å²) in [4.78, 5) is 12.4. The summed E-state index contributed by atoms with van der Waals surface area (Å²) in [7, 11) is 0. The van der Waals surface area contributed by atoms with Crippen LogP contribution in [0, 0.1) is 0 Å². The van der Waals surface area contributed by atoms with Crippen LogP contribution in [0.1, 0.15) is 29.2 Å². The van der Waals surface area contributed by atoms with Gasteiger partial charge >= 0.3 is 6.09 Å². The number of amides is 1. The Morgan fingerprint density at radius 1 is 0.889 bits per heavy atom. The minimum absolute atomic E-state index is 0.191. The average molecular weight is 359 g/mol. The summed E-state index contributed by atoms with van der Waals surface area (Å²) < 4.78 is 12.0. The number of alkyl carbamates (subject to hydrolysis) is 1. The van der Waals surface area contributed by atoms with E-state index in [1.54, 1.807) is 0 Å². The van der Waals surface area contributed by atoms with Gasteiger partial charge < -0.3 is 14.8 Å². The van der Waals surface area contributed by atoms with Gasteiger partial charge in [0, 0.05) is 12.0 Å². The third kappa shape index (κ3) is 3.86. The number of nitrogens with one attached hydrogen (secondary N) is 1. The van der Waals surface area contributed by atoms with Gasteiger partial charge in [-0.15, -0.1) is 0 Å². The van der Waals surface area contributed by atoms with Crippen LogP contribution >= 0.6 is 0 Å². The largest absolute Gasteiger partial charge is 0.412 e. The quantitative estimate of drug-likeness (QED) is 0.703. The normalized spacial score (nSPS) is 21.9. The fourth-order valence-corrected chi connectivity index (χ4v) is 3.38. The van der Waals surface area contributed by atoms with E-state index in [0.29, 0.717) is 13.0 Å². The molecule has 4 heteroatoms. The maximum atomic E-state index is 12.4. The molecule has 3 aromatic rings. The zero-order valence-corrected chi connectivity index (χ0v) is 14.9. The lowest BCUT2D eigenvalue weighted by atomic mass is 9.92. The van der Waals surface area contributed by atoms with Gasteiger partial charge in [0.25, 0.3) is 0 Å². The van der Waals surface area contributed by atoms with Crippen LogP contribution in [0.15, 0.2) is 91.0 Å². The number of cyclic esters (lactones) is 1. The standard InChI is InChI=1S/C23H21NO3/c25-22-24-21(19-12-6-2-7-13-19)16-23(27-22,20-14-8-3-9-15-20)26-17-18-10-4-1-5-11-18/h1-15,21H,16-17H2,(H,24,25). The molecule has 1 fully saturated rings. The van der Waals surface area contributed by atoms with E-state index in [1.807, 2.05) is 91.0 Å². The second kappa shape index (κ2) is 7.64. The first-order chi connectivity index (χ1) is 13.3. The van der Waals surface area contributed by atoms with Gasteiger partial charge in [0.05, 0.1) is 12.6 Å². The second-order valence-corrected chi connectivity index (χ2v) is 6.59. The van der Waals surface area contributed by atoms with E-state index >= 15 is 0 Å². The highest BCUT2D eigenvalue weighted by Crippen LogP contribution is 2.40. The number of carbonyl (C=O) groups excluding carboxylic acids is 1. The van der Waals surface area contributed by atoms with Gasteiger partial charge in [-0.05, 0) is 11.1 Å². The SMILES string of the molecule is O=C1NC(c2ccccc2)CC(OCc2ccccc2)(c2ccccc2)O1. The Bertz CT molecular complexity index is 883. The molecule has 1 saturated heterocycles. The van der Waals surface area contributed by atoms with Gasteiger partial charge in [0.15, 0.2) is 0 Å². The summed E-state index contributed by atoms with van der Waals surface area (Å²) in [6.07, 6.45) is 0.00610. The molecular weight excluding hydrogens is 338 g/mol. The van der Waals surface area contributed by atoms with Crippen LogP contribution in [0.2, 0.25) is 0 Å². The van der Waals surface area contributed by atoms with Crippen molar-refractivity contribution in [3.05, 3.63) is 108 Å². The highest BCUT2D eigenvalue weighted by molar-refractivity contribution is 5.69. The highest BCUT2D eigenvalue weighted by atomic mass is 16.7. The predicted octanol–water partition coefficient (Wildman–Crippen LogP) is 4.93. The summed E-state index contributed by atoms with van der Waals surface area (Å²) in [6, 6.07) is 29.3. The van der Waals surface area contributed by atoms with Gasteiger partial charge in [0.1, 0.15) is 0 Å². The van der Waals surface area contributed by atoms with Crippen molar-refractivity contribution in [1.82, 2.24) is 5.32 Å². The van der Waals surface area contributed by atoms with Gasteiger partial charge in [-0.3, -0.25) is 0 Å². The van der Waals surface area contributed by atoms with Crippen LogP contribution < -0.4 is 5.32 Å². The van der Waals surface area contributed by atoms with Crippen LogP contribution in [0.25, 0.3) is 0 Å². The Morgan fingerprint density at radius 3 is 2.15 bits per heavy atom. The van der Waals surface area contributed by atoms with Crippen LogP contribution in [-0.4, -0.2) is 6.09 Å². The molecule has 1 aliphatic rings. The van der Waals surface area contributed by atoms with Crippen molar-refractivity contribution in [3.63, 3.8) is 0 Å². The number of ether oxygens (including phenoxy) is 2. The second-order valence-electron chi connectivity index (χ2n) is 6.59. The Hall–Kier alpha value is -3.11. The monoisotopic (exact) mass is 359 g/mol. The number of hydrogen-bond acceptors (Lipinski definition) is 3. The number of benzene rings is 3. The molecule has 0 aromatic heterocycles. The maximum absolute atomic E-state index is 12.4. The lowest BCUT2D eigenvalue weighted by Crippen LogP contribution is -2.48. The molecule has 0 saturated carbocycles. The molecular formula is C23H21NO3. The van der Waals surface area contributed by atoms with E-state index in [1.165, 1.54) is 0 Å². The molecule has 2 atom stereocenters. The van der Waals surface area contributed by atoms with Crippen molar-refractivity contribution in [3.8, 4) is 0 Å².